The molecule has 5 nitrogen and oxygen atoms in total. The van der Waals surface area contributed by atoms with Crippen LogP contribution < -0.4 is 0 Å². The smallest absolute Gasteiger partial charge is 0.164 e. The van der Waals surface area contributed by atoms with Gasteiger partial charge in [0, 0.05) is 64.1 Å². The van der Waals surface area contributed by atoms with Gasteiger partial charge in [0.1, 0.15) is 11.2 Å². The number of hydrogen-bond donors (Lipinski definition) is 0. The predicted octanol–water partition coefficient (Wildman–Crippen LogP) is 12.2. The highest BCUT2D eigenvalue weighted by atomic mass is 32.1. The Morgan fingerprint density at radius 3 is 1.92 bits per heavy atom. The van der Waals surface area contributed by atoms with Crippen molar-refractivity contribution in [3.05, 3.63) is 158 Å². The second-order valence-electron chi connectivity index (χ2n) is 12.4. The maximum Gasteiger partial charge on any atom is 0.164 e. The van der Waals surface area contributed by atoms with Crippen molar-refractivity contribution in [1.29, 1.82) is 0 Å². The van der Waals surface area contributed by atoms with E-state index in [4.69, 9.17) is 26.2 Å². The number of benzene rings is 7. The average molecular weight is 676 g/mol. The predicted molar refractivity (Wildman–Crippen MR) is 211 cm³/mol. The highest BCUT2D eigenvalue weighted by Gasteiger charge is 2.19. The standard InChI is InChI=1S/C45H26N4OS/c1-2-11-27(12-3-1)43-46-44(48-45(47-43)35-16-10-20-39-42(35)34-15-6-9-19-38(34)50-39)28-21-23-32-33-24-22-29(26-41(33)51-40(32)25-28)49-36-17-7-4-13-30(36)31-14-5-8-18-37(31)49/h1-26H/i1D,2D,3D,11D,12D. The Morgan fingerprint density at radius 1 is 0.510 bits per heavy atom. The van der Waals surface area contributed by atoms with Crippen LogP contribution in [0.15, 0.2) is 162 Å². The van der Waals surface area contributed by atoms with Gasteiger partial charge in [-0.1, -0.05) is 115 Å². The molecular weight excluding hydrogens is 645 g/mol. The molecule has 51 heavy (non-hydrogen) atoms. The Labute approximate surface area is 302 Å². The molecule has 238 valence electrons. The van der Waals surface area contributed by atoms with Crippen LogP contribution in [-0.2, 0) is 0 Å². The molecule has 0 fully saturated rings. The summed E-state index contributed by atoms with van der Waals surface area (Å²) in [6.45, 7) is 0. The van der Waals surface area contributed by atoms with Crippen molar-refractivity contribution in [1.82, 2.24) is 19.5 Å². The van der Waals surface area contributed by atoms with Gasteiger partial charge in [0.05, 0.1) is 17.9 Å². The van der Waals surface area contributed by atoms with Gasteiger partial charge >= 0.3 is 0 Å². The van der Waals surface area contributed by atoms with Gasteiger partial charge in [0.15, 0.2) is 17.5 Å². The van der Waals surface area contributed by atoms with E-state index in [9.17, 15) is 0 Å². The van der Waals surface area contributed by atoms with E-state index >= 15 is 0 Å². The van der Waals surface area contributed by atoms with E-state index in [1.807, 2.05) is 48.5 Å². The summed E-state index contributed by atoms with van der Waals surface area (Å²) in [6.07, 6.45) is 0. The Morgan fingerprint density at radius 2 is 1.14 bits per heavy atom. The number of furan rings is 1. The zero-order valence-corrected chi connectivity index (χ0v) is 27.5. The summed E-state index contributed by atoms with van der Waals surface area (Å²) in [5.74, 6) is 0.590. The monoisotopic (exact) mass is 675 g/mol. The molecule has 0 bridgehead atoms. The number of rotatable bonds is 4. The van der Waals surface area contributed by atoms with Gasteiger partial charge in [-0.05, 0) is 42.5 Å². The highest BCUT2D eigenvalue weighted by molar-refractivity contribution is 7.25. The Balaban J connectivity index is 1.11. The zero-order chi connectivity index (χ0) is 37.8. The molecular formula is C45H26N4OS. The summed E-state index contributed by atoms with van der Waals surface area (Å²) in [5, 5.41) is 6.35. The lowest BCUT2D eigenvalue weighted by Crippen LogP contribution is -2.00. The van der Waals surface area contributed by atoms with Crippen molar-refractivity contribution < 1.29 is 11.3 Å². The molecule has 4 heterocycles. The summed E-state index contributed by atoms with van der Waals surface area (Å²) in [4.78, 5) is 14.6. The number of fused-ring (bicyclic) bond motifs is 9. The van der Waals surface area contributed by atoms with Crippen molar-refractivity contribution in [2.45, 2.75) is 0 Å². The zero-order valence-electron chi connectivity index (χ0n) is 31.7. The first kappa shape index (κ1) is 23.7. The lowest BCUT2D eigenvalue weighted by Gasteiger charge is -2.09. The second kappa shape index (κ2) is 10.9. The molecule has 4 aromatic heterocycles. The molecule has 0 unspecified atom stereocenters. The lowest BCUT2D eigenvalue weighted by atomic mass is 10.1. The number of aromatic nitrogens is 4. The van der Waals surface area contributed by atoms with Crippen LogP contribution in [-0.4, -0.2) is 19.5 Å². The van der Waals surface area contributed by atoms with E-state index in [1.165, 1.54) is 10.8 Å². The van der Waals surface area contributed by atoms with Gasteiger partial charge in [-0.25, -0.2) is 15.0 Å². The minimum atomic E-state index is -0.482. The van der Waals surface area contributed by atoms with Gasteiger partial charge < -0.3 is 8.98 Å². The molecule has 0 saturated heterocycles. The third-order valence-corrected chi connectivity index (χ3v) is 10.7. The largest absolute Gasteiger partial charge is 0.456 e. The molecule has 11 rings (SSSR count). The molecule has 0 aliphatic heterocycles. The normalized spacial score (nSPS) is 13.3. The van der Waals surface area contributed by atoms with Crippen molar-refractivity contribution in [2.24, 2.45) is 0 Å². The molecule has 0 N–H and O–H groups in total. The molecule has 0 aliphatic rings. The number of nitrogens with zero attached hydrogens (tertiary/aromatic N) is 4. The third-order valence-electron chi connectivity index (χ3n) is 9.56. The first-order valence-electron chi connectivity index (χ1n) is 19.0. The van der Waals surface area contributed by atoms with Crippen molar-refractivity contribution in [2.75, 3.05) is 0 Å². The van der Waals surface area contributed by atoms with Gasteiger partial charge in [-0.3, -0.25) is 0 Å². The van der Waals surface area contributed by atoms with Crippen LogP contribution in [0.2, 0.25) is 0 Å². The van der Waals surface area contributed by atoms with Crippen LogP contribution in [0.25, 0.3) is 104 Å². The quantitative estimate of drug-likeness (QED) is 0.186. The molecule has 7 aromatic carbocycles. The van der Waals surface area contributed by atoms with E-state index in [2.05, 4.69) is 83.4 Å². The van der Waals surface area contributed by atoms with Crippen LogP contribution in [0.5, 0.6) is 0 Å². The van der Waals surface area contributed by atoms with Crippen LogP contribution in [0.4, 0.5) is 0 Å². The molecule has 6 heteroatoms. The minimum Gasteiger partial charge on any atom is -0.456 e. The minimum absolute atomic E-state index is 0.0148. The van der Waals surface area contributed by atoms with Crippen molar-refractivity contribution >= 4 is 75.3 Å². The number of thiophene rings is 1. The molecule has 0 atom stereocenters. The van der Waals surface area contributed by atoms with Crippen LogP contribution in [0.3, 0.4) is 0 Å². The molecule has 11 aromatic rings. The summed E-state index contributed by atoms with van der Waals surface area (Å²) in [7, 11) is 0. The fourth-order valence-electron chi connectivity index (χ4n) is 7.30. The fourth-order valence-corrected chi connectivity index (χ4v) is 8.48. The first-order valence-corrected chi connectivity index (χ1v) is 17.3. The Hall–Kier alpha value is -6.63. The maximum absolute atomic E-state index is 8.78. The van der Waals surface area contributed by atoms with Crippen molar-refractivity contribution in [3.63, 3.8) is 0 Å². The molecule has 0 aliphatic carbocycles. The highest BCUT2D eigenvalue weighted by Crippen LogP contribution is 2.40. The van der Waals surface area contributed by atoms with Crippen LogP contribution in [0.1, 0.15) is 6.85 Å². The maximum atomic E-state index is 8.78. The Kier molecular flexibility index (Phi) is 5.08. The number of para-hydroxylation sites is 3. The second-order valence-corrected chi connectivity index (χ2v) is 13.5. The average Bonchev–Trinajstić information content (AvgIpc) is 3.91. The molecule has 0 saturated carbocycles. The van der Waals surface area contributed by atoms with Crippen LogP contribution in [0, 0.1) is 0 Å². The topological polar surface area (TPSA) is 56.7 Å². The number of hydrogen-bond acceptors (Lipinski definition) is 5. The molecule has 0 radical (unpaired) electrons. The first-order chi connectivity index (χ1) is 27.3. The van der Waals surface area contributed by atoms with Gasteiger partial charge in [-0.15, -0.1) is 11.3 Å². The molecule has 0 spiro atoms. The van der Waals surface area contributed by atoms with Gasteiger partial charge in [-0.2, -0.15) is 0 Å². The van der Waals surface area contributed by atoms with E-state index in [0.717, 1.165) is 47.7 Å². The molecule has 0 amide bonds. The van der Waals surface area contributed by atoms with Crippen molar-refractivity contribution in [3.8, 4) is 39.9 Å². The summed E-state index contributed by atoms with van der Waals surface area (Å²) in [6, 6.07) is 40.9. The van der Waals surface area contributed by atoms with Gasteiger partial charge in [0.2, 0.25) is 0 Å². The SMILES string of the molecule is [2H]c1c([2H])c([2H])c(-c2nc(-c3ccc4c(c3)sc3cc(-n5c6ccccc6c6ccccc65)ccc34)nc(-c3cccc4oc5ccccc5c34)n2)c([2H])c1[2H]. The lowest BCUT2D eigenvalue weighted by molar-refractivity contribution is 0.669. The van der Waals surface area contributed by atoms with Crippen LogP contribution >= 0.6 is 11.3 Å². The third kappa shape index (κ3) is 4.37. The summed E-state index contributed by atoms with van der Waals surface area (Å²) < 4.78 is 53.2. The summed E-state index contributed by atoms with van der Waals surface area (Å²) >= 11 is 1.68. The Bertz CT molecular complexity index is 3380. The van der Waals surface area contributed by atoms with E-state index in [1.54, 1.807) is 11.3 Å². The van der Waals surface area contributed by atoms with E-state index in [-0.39, 0.29) is 23.5 Å². The van der Waals surface area contributed by atoms with E-state index < -0.39 is 18.1 Å². The van der Waals surface area contributed by atoms with E-state index in [0.29, 0.717) is 33.9 Å². The van der Waals surface area contributed by atoms with Gasteiger partial charge in [0.25, 0.3) is 0 Å². The summed E-state index contributed by atoms with van der Waals surface area (Å²) in [5.41, 5.74) is 6.03. The fraction of sp³-hybridized carbons (Fsp3) is 0.